The molecule has 4 rings (SSSR count). The van der Waals surface area contributed by atoms with E-state index in [0.717, 1.165) is 16.6 Å². The lowest BCUT2D eigenvalue weighted by Crippen LogP contribution is -2.43. The summed E-state index contributed by atoms with van der Waals surface area (Å²) in [6.45, 7) is 3.93. The maximum absolute atomic E-state index is 13.4. The van der Waals surface area contributed by atoms with Gasteiger partial charge in [-0.05, 0) is 54.8 Å². The highest BCUT2D eigenvalue weighted by Gasteiger charge is 2.16. The average molecular weight is 533 g/mol. The standard InChI is InChI=1S/C29H29ClN4O4/c1-3-19(2)32-26(35)18-33-25-11-7-5-9-23(25)28(37)34(29(33)38)17-20-12-14-21(15-13-20)27(36)31-16-22-8-4-6-10-24(22)30/h4-15,19H,3,16-18H2,1-2H3,(H,31,36)(H,32,35). The predicted molar refractivity (Wildman–Crippen MR) is 149 cm³/mol. The Labute approximate surface area is 224 Å². The van der Waals surface area contributed by atoms with E-state index < -0.39 is 11.2 Å². The quantitative estimate of drug-likeness (QED) is 0.343. The largest absolute Gasteiger partial charge is 0.352 e. The van der Waals surface area contributed by atoms with E-state index in [-0.39, 0.29) is 37.5 Å². The first-order chi connectivity index (χ1) is 18.3. The minimum atomic E-state index is -0.574. The minimum Gasteiger partial charge on any atom is -0.352 e. The van der Waals surface area contributed by atoms with E-state index in [4.69, 9.17) is 11.6 Å². The van der Waals surface area contributed by atoms with Gasteiger partial charge in [0, 0.05) is 23.2 Å². The molecule has 8 nitrogen and oxygen atoms in total. The number of nitrogens with zero attached hydrogens (tertiary/aromatic N) is 2. The SMILES string of the molecule is CCC(C)NC(=O)Cn1c(=O)n(Cc2ccc(C(=O)NCc3ccccc3Cl)cc2)c(=O)c2ccccc21. The summed E-state index contributed by atoms with van der Waals surface area (Å²) in [5.74, 6) is -0.571. The summed E-state index contributed by atoms with van der Waals surface area (Å²) in [6, 6.07) is 20.7. The van der Waals surface area contributed by atoms with Crippen molar-refractivity contribution < 1.29 is 9.59 Å². The molecular weight excluding hydrogens is 504 g/mol. The van der Waals surface area contributed by atoms with Crippen molar-refractivity contribution in [2.45, 2.75) is 45.9 Å². The summed E-state index contributed by atoms with van der Waals surface area (Å²) in [5, 5.41) is 6.62. The summed E-state index contributed by atoms with van der Waals surface area (Å²) in [4.78, 5) is 51.8. The predicted octanol–water partition coefficient (Wildman–Crippen LogP) is 3.71. The van der Waals surface area contributed by atoms with Crippen LogP contribution in [0.1, 0.15) is 41.8 Å². The molecule has 9 heteroatoms. The lowest BCUT2D eigenvalue weighted by Gasteiger charge is -2.16. The average Bonchev–Trinajstić information content (AvgIpc) is 2.93. The first kappa shape index (κ1) is 26.9. The van der Waals surface area contributed by atoms with Gasteiger partial charge in [-0.25, -0.2) is 4.79 Å². The van der Waals surface area contributed by atoms with Gasteiger partial charge in [0.05, 0.1) is 17.4 Å². The fraction of sp³-hybridized carbons (Fsp3) is 0.241. The van der Waals surface area contributed by atoms with E-state index in [1.165, 1.54) is 4.57 Å². The topological polar surface area (TPSA) is 102 Å². The van der Waals surface area contributed by atoms with Crippen LogP contribution >= 0.6 is 11.6 Å². The van der Waals surface area contributed by atoms with Crippen molar-refractivity contribution in [2.75, 3.05) is 0 Å². The number of amides is 2. The van der Waals surface area contributed by atoms with Crippen molar-refractivity contribution in [2.24, 2.45) is 0 Å². The third-order valence-corrected chi connectivity index (χ3v) is 6.78. The molecule has 1 heterocycles. The van der Waals surface area contributed by atoms with Crippen LogP contribution in [0.25, 0.3) is 10.9 Å². The first-order valence-corrected chi connectivity index (χ1v) is 12.8. The van der Waals surface area contributed by atoms with Gasteiger partial charge in [0.1, 0.15) is 6.54 Å². The van der Waals surface area contributed by atoms with Crippen LogP contribution in [0.3, 0.4) is 0 Å². The molecule has 0 aliphatic carbocycles. The Morgan fingerprint density at radius 1 is 0.921 bits per heavy atom. The molecule has 2 amide bonds. The molecule has 1 atom stereocenters. The Morgan fingerprint density at radius 2 is 1.61 bits per heavy atom. The maximum atomic E-state index is 13.4. The number of hydrogen-bond acceptors (Lipinski definition) is 4. The third kappa shape index (κ3) is 6.03. The molecule has 0 saturated heterocycles. The zero-order valence-corrected chi connectivity index (χ0v) is 22.0. The van der Waals surface area contributed by atoms with Gasteiger partial charge in [-0.2, -0.15) is 0 Å². The van der Waals surface area contributed by atoms with E-state index in [9.17, 15) is 19.2 Å². The molecular formula is C29H29ClN4O4. The van der Waals surface area contributed by atoms with Crippen LogP contribution in [0.15, 0.2) is 82.4 Å². The van der Waals surface area contributed by atoms with Crippen molar-refractivity contribution in [1.82, 2.24) is 19.8 Å². The van der Waals surface area contributed by atoms with E-state index in [0.29, 0.717) is 27.1 Å². The minimum absolute atomic E-state index is 0.00297. The maximum Gasteiger partial charge on any atom is 0.332 e. The number of halogens is 1. The van der Waals surface area contributed by atoms with Gasteiger partial charge in [-0.1, -0.05) is 61.0 Å². The second-order valence-corrected chi connectivity index (χ2v) is 9.53. The number of rotatable bonds is 9. The van der Waals surface area contributed by atoms with Crippen LogP contribution in [-0.4, -0.2) is 27.0 Å². The molecule has 1 aromatic heterocycles. The molecule has 0 spiro atoms. The molecule has 2 N–H and O–H groups in total. The molecule has 196 valence electrons. The molecule has 0 fully saturated rings. The lowest BCUT2D eigenvalue weighted by atomic mass is 10.1. The van der Waals surface area contributed by atoms with Crippen LogP contribution in [0, 0.1) is 0 Å². The number of nitrogens with one attached hydrogen (secondary N) is 2. The smallest absolute Gasteiger partial charge is 0.332 e. The van der Waals surface area contributed by atoms with Gasteiger partial charge in [0.2, 0.25) is 5.91 Å². The zero-order valence-electron chi connectivity index (χ0n) is 21.2. The summed E-state index contributed by atoms with van der Waals surface area (Å²) in [7, 11) is 0. The Morgan fingerprint density at radius 3 is 2.32 bits per heavy atom. The second kappa shape index (κ2) is 11.9. The number of hydrogen-bond donors (Lipinski definition) is 2. The number of carbonyl (C=O) groups excluding carboxylic acids is 2. The van der Waals surface area contributed by atoms with Crippen molar-refractivity contribution in [3.8, 4) is 0 Å². The fourth-order valence-electron chi connectivity index (χ4n) is 4.09. The Balaban J connectivity index is 1.57. The number of fused-ring (bicyclic) bond motifs is 1. The molecule has 0 saturated carbocycles. The van der Waals surface area contributed by atoms with E-state index >= 15 is 0 Å². The van der Waals surface area contributed by atoms with Crippen LogP contribution in [0.2, 0.25) is 5.02 Å². The molecule has 0 radical (unpaired) electrons. The number of carbonyl (C=O) groups is 2. The number of para-hydroxylation sites is 1. The van der Waals surface area contributed by atoms with Crippen molar-refractivity contribution >= 4 is 34.3 Å². The van der Waals surface area contributed by atoms with E-state index in [1.54, 1.807) is 54.6 Å². The van der Waals surface area contributed by atoms with E-state index in [1.807, 2.05) is 32.0 Å². The molecule has 3 aromatic carbocycles. The monoisotopic (exact) mass is 532 g/mol. The summed E-state index contributed by atoms with van der Waals surface area (Å²) in [6.07, 6.45) is 0.759. The van der Waals surface area contributed by atoms with Gasteiger partial charge >= 0.3 is 5.69 Å². The Hall–Kier alpha value is -4.17. The zero-order chi connectivity index (χ0) is 27.2. The molecule has 0 bridgehead atoms. The normalized spacial score (nSPS) is 11.8. The Kier molecular flexibility index (Phi) is 8.43. The van der Waals surface area contributed by atoms with Crippen molar-refractivity contribution in [3.63, 3.8) is 0 Å². The molecule has 38 heavy (non-hydrogen) atoms. The molecule has 4 aromatic rings. The highest BCUT2D eigenvalue weighted by Crippen LogP contribution is 2.15. The highest BCUT2D eigenvalue weighted by molar-refractivity contribution is 6.31. The molecule has 0 aliphatic rings. The van der Waals surface area contributed by atoms with Crippen LogP contribution in [0.4, 0.5) is 0 Å². The Bertz CT molecular complexity index is 1590. The van der Waals surface area contributed by atoms with Crippen LogP contribution in [-0.2, 0) is 24.4 Å². The van der Waals surface area contributed by atoms with Crippen molar-refractivity contribution in [3.05, 3.63) is 115 Å². The van der Waals surface area contributed by atoms with Gasteiger partial charge in [0.15, 0.2) is 0 Å². The summed E-state index contributed by atoms with van der Waals surface area (Å²) in [5.41, 5.74) is 1.30. The highest BCUT2D eigenvalue weighted by atomic mass is 35.5. The van der Waals surface area contributed by atoms with Crippen LogP contribution < -0.4 is 21.9 Å². The van der Waals surface area contributed by atoms with Gasteiger partial charge in [-0.3, -0.25) is 23.5 Å². The third-order valence-electron chi connectivity index (χ3n) is 6.41. The van der Waals surface area contributed by atoms with Crippen molar-refractivity contribution in [1.29, 1.82) is 0 Å². The second-order valence-electron chi connectivity index (χ2n) is 9.12. The lowest BCUT2D eigenvalue weighted by molar-refractivity contribution is -0.122. The van der Waals surface area contributed by atoms with E-state index in [2.05, 4.69) is 10.6 Å². The first-order valence-electron chi connectivity index (χ1n) is 12.4. The fourth-order valence-corrected chi connectivity index (χ4v) is 4.30. The van der Waals surface area contributed by atoms with Crippen LogP contribution in [0.5, 0.6) is 0 Å². The number of benzene rings is 3. The molecule has 0 aliphatic heterocycles. The number of aromatic nitrogens is 2. The summed E-state index contributed by atoms with van der Waals surface area (Å²) >= 11 is 6.15. The van der Waals surface area contributed by atoms with Gasteiger partial charge in [0.25, 0.3) is 11.5 Å². The molecule has 1 unspecified atom stereocenters. The summed E-state index contributed by atoms with van der Waals surface area (Å²) < 4.78 is 2.44. The van der Waals surface area contributed by atoms with Gasteiger partial charge in [-0.15, -0.1) is 0 Å². The van der Waals surface area contributed by atoms with Gasteiger partial charge < -0.3 is 10.6 Å².